The second-order valence-electron chi connectivity index (χ2n) is 3.90. The Balaban J connectivity index is 2.28. The lowest BCUT2D eigenvalue weighted by Gasteiger charge is -2.16. The van der Waals surface area contributed by atoms with E-state index in [1.54, 1.807) is 0 Å². The molecule has 3 atom stereocenters. The fourth-order valence-electron chi connectivity index (χ4n) is 1.86. The summed E-state index contributed by atoms with van der Waals surface area (Å²) in [5, 5.41) is 9.79. The highest BCUT2D eigenvalue weighted by Crippen LogP contribution is 2.29. The minimum Gasteiger partial charge on any atom is -0.388 e. The van der Waals surface area contributed by atoms with Crippen LogP contribution in [0.15, 0.2) is 17.1 Å². The van der Waals surface area contributed by atoms with E-state index in [1.807, 2.05) is 6.92 Å². The van der Waals surface area contributed by atoms with Crippen molar-refractivity contribution in [3.8, 4) is 0 Å². The van der Waals surface area contributed by atoms with Crippen molar-refractivity contribution < 1.29 is 9.84 Å². The van der Waals surface area contributed by atoms with E-state index in [0.717, 1.165) is 6.42 Å². The lowest BCUT2D eigenvalue weighted by Crippen LogP contribution is -2.31. The van der Waals surface area contributed by atoms with Crippen molar-refractivity contribution in [1.29, 1.82) is 0 Å². The number of aromatic nitrogens is 2. The first kappa shape index (κ1) is 11.1. The Kier molecular flexibility index (Phi) is 2.93. The minimum absolute atomic E-state index is 0.00977. The van der Waals surface area contributed by atoms with Gasteiger partial charge in [0.1, 0.15) is 11.9 Å². The standard InChI is InChI=1S/C10H15N3O3/c1-2-6-5-7(14)9(16-6)13-4-3-8(11)12-10(13)15/h3-4,6-7,9,14H,2,5H2,1H3,(H2,11,12,15)/t6-,7+,9?/m1/s1. The molecule has 2 heterocycles. The van der Waals surface area contributed by atoms with Crippen LogP contribution >= 0.6 is 0 Å². The van der Waals surface area contributed by atoms with E-state index in [-0.39, 0.29) is 11.9 Å². The zero-order valence-corrected chi connectivity index (χ0v) is 9.04. The molecule has 0 amide bonds. The molecule has 1 aliphatic heterocycles. The normalized spacial score (nSPS) is 29.5. The summed E-state index contributed by atoms with van der Waals surface area (Å²) in [5.41, 5.74) is 4.89. The summed E-state index contributed by atoms with van der Waals surface area (Å²) in [6.45, 7) is 1.98. The highest BCUT2D eigenvalue weighted by atomic mass is 16.5. The summed E-state index contributed by atoms with van der Waals surface area (Å²) < 4.78 is 6.84. The molecule has 2 rings (SSSR count). The molecular weight excluding hydrogens is 210 g/mol. The van der Waals surface area contributed by atoms with Gasteiger partial charge in [0, 0.05) is 12.6 Å². The van der Waals surface area contributed by atoms with Crippen molar-refractivity contribution in [3.63, 3.8) is 0 Å². The lowest BCUT2D eigenvalue weighted by molar-refractivity contribution is -0.0403. The molecule has 0 bridgehead atoms. The Bertz CT molecular complexity index is 432. The Labute approximate surface area is 92.7 Å². The Morgan fingerprint density at radius 2 is 2.50 bits per heavy atom. The molecule has 1 saturated heterocycles. The number of hydrogen-bond acceptors (Lipinski definition) is 5. The molecule has 0 spiro atoms. The van der Waals surface area contributed by atoms with E-state index in [1.165, 1.54) is 16.8 Å². The largest absolute Gasteiger partial charge is 0.388 e. The average molecular weight is 225 g/mol. The Morgan fingerprint density at radius 1 is 1.75 bits per heavy atom. The van der Waals surface area contributed by atoms with Gasteiger partial charge in [0.15, 0.2) is 6.23 Å². The van der Waals surface area contributed by atoms with Gasteiger partial charge in [-0.2, -0.15) is 4.98 Å². The van der Waals surface area contributed by atoms with Crippen molar-refractivity contribution >= 4 is 5.82 Å². The molecule has 88 valence electrons. The molecule has 3 N–H and O–H groups in total. The molecule has 0 radical (unpaired) electrons. The van der Waals surface area contributed by atoms with E-state index >= 15 is 0 Å². The monoisotopic (exact) mass is 225 g/mol. The molecule has 0 saturated carbocycles. The number of ether oxygens (including phenoxy) is 1. The molecule has 6 nitrogen and oxygen atoms in total. The van der Waals surface area contributed by atoms with Crippen LogP contribution in [0.2, 0.25) is 0 Å². The van der Waals surface area contributed by atoms with Crippen LogP contribution < -0.4 is 11.4 Å². The highest BCUT2D eigenvalue weighted by molar-refractivity contribution is 5.23. The predicted octanol–water partition coefficient (Wildman–Crippen LogP) is -0.116. The zero-order valence-electron chi connectivity index (χ0n) is 9.04. The summed E-state index contributed by atoms with van der Waals surface area (Å²) >= 11 is 0. The number of aliphatic hydroxyl groups is 1. The predicted molar refractivity (Wildman–Crippen MR) is 57.7 cm³/mol. The molecule has 1 aromatic rings. The van der Waals surface area contributed by atoms with Gasteiger partial charge in [0.2, 0.25) is 0 Å². The molecule has 0 aromatic carbocycles. The van der Waals surface area contributed by atoms with Crippen LogP contribution in [-0.2, 0) is 4.74 Å². The molecule has 1 aliphatic rings. The van der Waals surface area contributed by atoms with Gasteiger partial charge in [-0.05, 0) is 12.5 Å². The van der Waals surface area contributed by atoms with Crippen LogP contribution in [0.1, 0.15) is 26.0 Å². The fraction of sp³-hybridized carbons (Fsp3) is 0.600. The minimum atomic E-state index is -0.673. The first-order valence-electron chi connectivity index (χ1n) is 5.30. The summed E-state index contributed by atoms with van der Waals surface area (Å²) in [7, 11) is 0. The molecule has 1 aromatic heterocycles. The maximum Gasteiger partial charge on any atom is 0.351 e. The molecule has 16 heavy (non-hydrogen) atoms. The third-order valence-corrected chi connectivity index (χ3v) is 2.75. The van der Waals surface area contributed by atoms with Crippen LogP contribution in [0, 0.1) is 0 Å². The van der Waals surface area contributed by atoms with E-state index in [0.29, 0.717) is 6.42 Å². The van der Waals surface area contributed by atoms with Gasteiger partial charge < -0.3 is 15.6 Å². The third kappa shape index (κ3) is 1.94. The third-order valence-electron chi connectivity index (χ3n) is 2.75. The van der Waals surface area contributed by atoms with Crippen molar-refractivity contribution in [3.05, 3.63) is 22.7 Å². The van der Waals surface area contributed by atoms with Crippen LogP contribution in [0.5, 0.6) is 0 Å². The SMILES string of the molecule is CC[C@@H]1C[C@H](O)C(n2ccc(N)nc2=O)O1. The number of nitrogen functional groups attached to an aromatic ring is 1. The van der Waals surface area contributed by atoms with Gasteiger partial charge in [0.25, 0.3) is 0 Å². The quantitative estimate of drug-likeness (QED) is 0.732. The Hall–Kier alpha value is -1.40. The fourth-order valence-corrected chi connectivity index (χ4v) is 1.86. The Morgan fingerprint density at radius 3 is 3.06 bits per heavy atom. The maximum absolute atomic E-state index is 11.5. The van der Waals surface area contributed by atoms with Gasteiger partial charge >= 0.3 is 5.69 Å². The van der Waals surface area contributed by atoms with Crippen molar-refractivity contribution in [1.82, 2.24) is 9.55 Å². The second kappa shape index (κ2) is 4.23. The van der Waals surface area contributed by atoms with Gasteiger partial charge in [-0.15, -0.1) is 0 Å². The summed E-state index contributed by atoms with van der Waals surface area (Å²) in [6.07, 6.45) is 1.52. The maximum atomic E-state index is 11.5. The second-order valence-corrected chi connectivity index (χ2v) is 3.90. The van der Waals surface area contributed by atoms with Gasteiger partial charge in [0.05, 0.1) is 6.10 Å². The summed E-state index contributed by atoms with van der Waals surface area (Å²) in [5.74, 6) is 0.167. The zero-order chi connectivity index (χ0) is 11.7. The molecule has 0 aliphatic carbocycles. The first-order valence-corrected chi connectivity index (χ1v) is 5.30. The van der Waals surface area contributed by atoms with Crippen molar-refractivity contribution in [2.45, 2.75) is 38.2 Å². The van der Waals surface area contributed by atoms with Gasteiger partial charge in [-0.3, -0.25) is 4.57 Å². The topological polar surface area (TPSA) is 90.4 Å². The molecular formula is C10H15N3O3. The summed E-state index contributed by atoms with van der Waals surface area (Å²) in [4.78, 5) is 15.1. The molecule has 1 unspecified atom stereocenters. The average Bonchev–Trinajstić information content (AvgIpc) is 2.60. The lowest BCUT2D eigenvalue weighted by atomic mass is 10.1. The van der Waals surface area contributed by atoms with E-state index < -0.39 is 18.0 Å². The van der Waals surface area contributed by atoms with Crippen molar-refractivity contribution in [2.24, 2.45) is 0 Å². The van der Waals surface area contributed by atoms with Gasteiger partial charge in [-0.1, -0.05) is 6.92 Å². The smallest absolute Gasteiger partial charge is 0.351 e. The highest BCUT2D eigenvalue weighted by Gasteiger charge is 2.34. The summed E-state index contributed by atoms with van der Waals surface area (Å²) in [6, 6.07) is 1.51. The van der Waals surface area contributed by atoms with Crippen LogP contribution in [0.3, 0.4) is 0 Å². The number of aliphatic hydroxyl groups excluding tert-OH is 1. The first-order chi connectivity index (χ1) is 7.61. The number of hydrogen-bond donors (Lipinski definition) is 2. The van der Waals surface area contributed by atoms with Crippen LogP contribution in [-0.4, -0.2) is 26.9 Å². The number of rotatable bonds is 2. The van der Waals surface area contributed by atoms with Crippen LogP contribution in [0.4, 0.5) is 5.82 Å². The van der Waals surface area contributed by atoms with E-state index in [2.05, 4.69) is 4.98 Å². The van der Waals surface area contributed by atoms with E-state index in [4.69, 9.17) is 10.5 Å². The number of nitrogens with two attached hydrogens (primary N) is 1. The number of nitrogens with zero attached hydrogens (tertiary/aromatic N) is 2. The van der Waals surface area contributed by atoms with Crippen molar-refractivity contribution in [2.75, 3.05) is 5.73 Å². The van der Waals surface area contributed by atoms with Gasteiger partial charge in [-0.25, -0.2) is 4.79 Å². The van der Waals surface area contributed by atoms with Crippen LogP contribution in [0.25, 0.3) is 0 Å². The number of anilines is 1. The van der Waals surface area contributed by atoms with E-state index in [9.17, 15) is 9.90 Å². The molecule has 6 heteroatoms. The molecule has 1 fully saturated rings.